The molecular weight excluding hydrogens is 364 g/mol. The maximum absolute atomic E-state index is 11.9. The minimum Gasteiger partial charge on any atom is -0.326 e. The number of benzene rings is 1. The molecule has 2 heterocycles. The van der Waals surface area contributed by atoms with Crippen molar-refractivity contribution in [3.63, 3.8) is 0 Å². The Morgan fingerprint density at radius 2 is 1.88 bits per heavy atom. The topological polar surface area (TPSA) is 44.9 Å². The third kappa shape index (κ3) is 4.64. The fourth-order valence-corrected chi connectivity index (χ4v) is 3.95. The lowest BCUT2D eigenvalue weighted by Crippen LogP contribution is -2.17. The summed E-state index contributed by atoms with van der Waals surface area (Å²) >= 11 is 1.78. The van der Waals surface area contributed by atoms with Crippen LogP contribution in [0.3, 0.4) is 0 Å². The summed E-state index contributed by atoms with van der Waals surface area (Å²) in [5.74, 6) is 0. The normalized spacial score (nSPS) is 11.8. The first-order valence-electron chi connectivity index (χ1n) is 8.68. The molecule has 0 saturated carbocycles. The standard InChI is InChI=1S/C21H24N2OS.ClH/c1-4-16-12-19(15(3)23-21(16)24)20-11-10-18(25-20)13-22-14(2)17-8-6-5-7-9-17;/h5-12,14,22H,4,13H2,1-3H3,(H,23,24);1H. The highest BCUT2D eigenvalue weighted by atomic mass is 35.5. The van der Waals surface area contributed by atoms with Gasteiger partial charge in [0.1, 0.15) is 0 Å². The summed E-state index contributed by atoms with van der Waals surface area (Å²) in [6, 6.07) is 17.1. The molecule has 3 rings (SSSR count). The van der Waals surface area contributed by atoms with Gasteiger partial charge in [-0.25, -0.2) is 0 Å². The quantitative estimate of drug-likeness (QED) is 0.606. The third-order valence-electron chi connectivity index (χ3n) is 4.51. The molecule has 5 heteroatoms. The molecule has 0 saturated heterocycles. The van der Waals surface area contributed by atoms with Crippen LogP contribution in [0.5, 0.6) is 0 Å². The molecule has 26 heavy (non-hydrogen) atoms. The first-order chi connectivity index (χ1) is 12.1. The predicted molar refractivity (Wildman–Crippen MR) is 113 cm³/mol. The fraction of sp³-hybridized carbons (Fsp3) is 0.286. The smallest absolute Gasteiger partial charge is 0.251 e. The first-order valence-corrected chi connectivity index (χ1v) is 9.50. The van der Waals surface area contributed by atoms with Crippen molar-refractivity contribution in [2.75, 3.05) is 0 Å². The van der Waals surface area contributed by atoms with Crippen molar-refractivity contribution >= 4 is 23.7 Å². The number of hydrogen-bond donors (Lipinski definition) is 2. The van der Waals surface area contributed by atoms with Gasteiger partial charge in [0.2, 0.25) is 0 Å². The molecule has 0 aliphatic rings. The molecule has 3 aromatic rings. The zero-order valence-electron chi connectivity index (χ0n) is 15.3. The number of hydrogen-bond acceptors (Lipinski definition) is 3. The van der Waals surface area contributed by atoms with Crippen LogP contribution in [0, 0.1) is 6.92 Å². The predicted octanol–water partition coefficient (Wildman–Crippen LogP) is 5.25. The van der Waals surface area contributed by atoms with E-state index >= 15 is 0 Å². The van der Waals surface area contributed by atoms with Gasteiger partial charge >= 0.3 is 0 Å². The lowest BCUT2D eigenvalue weighted by atomic mass is 10.1. The van der Waals surface area contributed by atoms with Crippen LogP contribution in [-0.2, 0) is 13.0 Å². The second-order valence-corrected chi connectivity index (χ2v) is 7.46. The van der Waals surface area contributed by atoms with E-state index in [2.05, 4.69) is 53.6 Å². The van der Waals surface area contributed by atoms with E-state index < -0.39 is 0 Å². The second-order valence-electron chi connectivity index (χ2n) is 6.30. The molecule has 1 aromatic carbocycles. The molecule has 0 amide bonds. The van der Waals surface area contributed by atoms with Crippen molar-refractivity contribution in [2.45, 2.75) is 39.8 Å². The number of H-pyrrole nitrogens is 1. The molecule has 0 bridgehead atoms. The summed E-state index contributed by atoms with van der Waals surface area (Å²) in [5.41, 5.74) is 4.22. The number of thiophene rings is 1. The highest BCUT2D eigenvalue weighted by molar-refractivity contribution is 7.15. The van der Waals surface area contributed by atoms with Crippen LogP contribution in [0.25, 0.3) is 10.4 Å². The van der Waals surface area contributed by atoms with Crippen molar-refractivity contribution in [3.05, 3.63) is 80.6 Å². The largest absolute Gasteiger partial charge is 0.326 e. The molecule has 2 aromatic heterocycles. The van der Waals surface area contributed by atoms with E-state index in [1.807, 2.05) is 26.0 Å². The van der Waals surface area contributed by atoms with Crippen LogP contribution in [0.1, 0.15) is 41.6 Å². The molecule has 0 aliphatic carbocycles. The van der Waals surface area contributed by atoms with Gasteiger partial charge in [-0.2, -0.15) is 0 Å². The van der Waals surface area contributed by atoms with E-state index in [1.54, 1.807) is 11.3 Å². The Morgan fingerprint density at radius 1 is 1.15 bits per heavy atom. The van der Waals surface area contributed by atoms with Gasteiger partial charge in [0.05, 0.1) is 0 Å². The second kappa shape index (κ2) is 9.17. The van der Waals surface area contributed by atoms with Crippen molar-refractivity contribution in [3.8, 4) is 10.4 Å². The Kier molecular flexibility index (Phi) is 7.21. The lowest BCUT2D eigenvalue weighted by molar-refractivity contribution is 0.579. The van der Waals surface area contributed by atoms with Gasteiger partial charge < -0.3 is 10.3 Å². The highest BCUT2D eigenvalue weighted by Gasteiger charge is 2.10. The molecule has 3 nitrogen and oxygen atoms in total. The van der Waals surface area contributed by atoms with E-state index in [-0.39, 0.29) is 18.0 Å². The average molecular weight is 389 g/mol. The summed E-state index contributed by atoms with van der Waals surface area (Å²) in [6.45, 7) is 7.00. The van der Waals surface area contributed by atoms with Crippen molar-refractivity contribution < 1.29 is 0 Å². The van der Waals surface area contributed by atoms with Gasteiger partial charge in [-0.3, -0.25) is 4.79 Å². The van der Waals surface area contributed by atoms with Crippen LogP contribution in [0.15, 0.2) is 53.3 Å². The molecular formula is C21H25ClN2OS. The summed E-state index contributed by atoms with van der Waals surface area (Å²) in [7, 11) is 0. The molecule has 0 radical (unpaired) electrons. The van der Waals surface area contributed by atoms with Crippen molar-refractivity contribution in [2.24, 2.45) is 0 Å². The lowest BCUT2D eigenvalue weighted by Gasteiger charge is -2.13. The minimum absolute atomic E-state index is 0. The van der Waals surface area contributed by atoms with Crippen LogP contribution < -0.4 is 10.9 Å². The fourth-order valence-electron chi connectivity index (χ4n) is 2.92. The summed E-state index contributed by atoms with van der Waals surface area (Å²) in [6.07, 6.45) is 0.747. The Balaban J connectivity index is 0.00000243. The maximum Gasteiger partial charge on any atom is 0.251 e. The van der Waals surface area contributed by atoms with Crippen molar-refractivity contribution in [1.29, 1.82) is 0 Å². The van der Waals surface area contributed by atoms with E-state index in [4.69, 9.17) is 0 Å². The molecule has 0 fully saturated rings. The molecule has 0 spiro atoms. The summed E-state index contributed by atoms with van der Waals surface area (Å²) in [5, 5.41) is 3.58. The molecule has 0 aliphatic heterocycles. The molecule has 138 valence electrons. The SMILES string of the molecule is CCc1cc(-c2ccc(CNC(C)c3ccccc3)s2)c(C)[nH]c1=O.Cl. The van der Waals surface area contributed by atoms with Gasteiger partial charge in [0.25, 0.3) is 5.56 Å². The van der Waals surface area contributed by atoms with Crippen LogP contribution >= 0.6 is 23.7 Å². The average Bonchev–Trinajstić information content (AvgIpc) is 3.09. The highest BCUT2D eigenvalue weighted by Crippen LogP contribution is 2.30. The number of nitrogens with one attached hydrogen (secondary N) is 2. The number of pyridine rings is 1. The number of aryl methyl sites for hydroxylation is 2. The number of halogens is 1. The van der Waals surface area contributed by atoms with Gasteiger partial charge in [0, 0.05) is 39.2 Å². The number of rotatable bonds is 6. The van der Waals surface area contributed by atoms with E-state index in [0.29, 0.717) is 6.04 Å². The van der Waals surface area contributed by atoms with Crippen LogP contribution in [0.4, 0.5) is 0 Å². The molecule has 1 unspecified atom stereocenters. The van der Waals surface area contributed by atoms with Gasteiger partial charge in [0.15, 0.2) is 0 Å². The van der Waals surface area contributed by atoms with Crippen molar-refractivity contribution in [1.82, 2.24) is 10.3 Å². The van der Waals surface area contributed by atoms with Crippen LogP contribution in [0.2, 0.25) is 0 Å². The maximum atomic E-state index is 11.9. The van der Waals surface area contributed by atoms with Crippen LogP contribution in [-0.4, -0.2) is 4.98 Å². The zero-order chi connectivity index (χ0) is 17.8. The monoisotopic (exact) mass is 388 g/mol. The number of aromatic nitrogens is 1. The van der Waals surface area contributed by atoms with E-state index in [9.17, 15) is 4.79 Å². The van der Waals surface area contributed by atoms with E-state index in [0.717, 1.165) is 29.8 Å². The molecule has 2 N–H and O–H groups in total. The van der Waals surface area contributed by atoms with Gasteiger partial charge in [-0.15, -0.1) is 23.7 Å². The summed E-state index contributed by atoms with van der Waals surface area (Å²) in [4.78, 5) is 17.4. The minimum atomic E-state index is 0. The summed E-state index contributed by atoms with van der Waals surface area (Å²) < 4.78 is 0. The Labute approximate surface area is 164 Å². The Morgan fingerprint density at radius 3 is 2.58 bits per heavy atom. The first kappa shape index (κ1) is 20.4. The Hall–Kier alpha value is -1.88. The third-order valence-corrected chi connectivity index (χ3v) is 5.62. The zero-order valence-corrected chi connectivity index (χ0v) is 17.0. The van der Waals surface area contributed by atoms with E-state index in [1.165, 1.54) is 15.3 Å². The van der Waals surface area contributed by atoms with Gasteiger partial charge in [-0.1, -0.05) is 37.3 Å². The molecule has 1 atom stereocenters. The van der Waals surface area contributed by atoms with Gasteiger partial charge in [-0.05, 0) is 44.0 Å². The Bertz CT molecular complexity index is 902. The number of aromatic amines is 1.